The molecular weight excluding hydrogens is 461 g/mol. The number of benzene rings is 3. The Morgan fingerprint density at radius 2 is 1.45 bits per heavy atom. The number of fused-ring (bicyclic) bond motifs is 3. The Kier molecular flexibility index (Phi) is 5.93. The van der Waals surface area contributed by atoms with E-state index in [2.05, 4.69) is 103 Å². The van der Waals surface area contributed by atoms with Gasteiger partial charge in [0.25, 0.3) is 0 Å². The highest BCUT2D eigenvalue weighted by Gasteiger charge is 2.34. The van der Waals surface area contributed by atoms with Gasteiger partial charge < -0.3 is 0 Å². The summed E-state index contributed by atoms with van der Waals surface area (Å²) in [5.74, 6) is 0.913. The molecule has 0 unspecified atom stereocenters. The third-order valence-corrected chi connectivity index (χ3v) is 9.97. The lowest BCUT2D eigenvalue weighted by atomic mass is 9.98. The van der Waals surface area contributed by atoms with Crippen LogP contribution in [0.25, 0.3) is 10.2 Å². The standard InChI is InChI=1S/C28H22N2S3/c1-4-10-19(11-5-1)17-31-27-24-22-16-23(20-12-6-2-7-13-20)32-25(21-14-8-3-9-15-21)26(22)33-28(24)30-18-29-27/h1-15,18,23,25H,16-17H2/t23-,25+/m0/s1. The number of rotatable bonds is 5. The van der Waals surface area contributed by atoms with Crippen LogP contribution in [0.15, 0.2) is 102 Å². The topological polar surface area (TPSA) is 25.8 Å². The van der Waals surface area contributed by atoms with E-state index in [1.165, 1.54) is 32.5 Å². The van der Waals surface area contributed by atoms with Gasteiger partial charge in [0.1, 0.15) is 16.2 Å². The summed E-state index contributed by atoms with van der Waals surface area (Å²) >= 11 is 5.74. The van der Waals surface area contributed by atoms with E-state index in [1.54, 1.807) is 6.33 Å². The highest BCUT2D eigenvalue weighted by molar-refractivity contribution is 8.00. The zero-order valence-corrected chi connectivity index (χ0v) is 20.4. The molecule has 5 aromatic rings. The Balaban J connectivity index is 1.45. The molecule has 33 heavy (non-hydrogen) atoms. The van der Waals surface area contributed by atoms with E-state index < -0.39 is 0 Å². The van der Waals surface area contributed by atoms with Crippen LogP contribution in [0, 0.1) is 0 Å². The highest BCUT2D eigenvalue weighted by atomic mass is 32.2. The Hall–Kier alpha value is -2.60. The summed E-state index contributed by atoms with van der Waals surface area (Å²) in [6.07, 6.45) is 2.75. The first kappa shape index (κ1) is 21.0. The third kappa shape index (κ3) is 4.21. The van der Waals surface area contributed by atoms with Gasteiger partial charge in [0.15, 0.2) is 0 Å². The fraction of sp³-hybridized carbons (Fsp3) is 0.143. The average Bonchev–Trinajstić information content (AvgIpc) is 3.28. The van der Waals surface area contributed by atoms with E-state index in [0.29, 0.717) is 10.5 Å². The number of nitrogens with zero attached hydrogens (tertiary/aromatic N) is 2. The normalized spacial score (nSPS) is 17.7. The molecule has 2 atom stereocenters. The minimum absolute atomic E-state index is 0.311. The van der Waals surface area contributed by atoms with Gasteiger partial charge >= 0.3 is 0 Å². The summed E-state index contributed by atoms with van der Waals surface area (Å²) in [5.41, 5.74) is 5.51. The number of hydrogen-bond acceptors (Lipinski definition) is 5. The molecule has 3 heterocycles. The Morgan fingerprint density at radius 1 is 0.788 bits per heavy atom. The zero-order valence-electron chi connectivity index (χ0n) is 17.9. The van der Waals surface area contributed by atoms with Crippen LogP contribution in [0.2, 0.25) is 0 Å². The van der Waals surface area contributed by atoms with Gasteiger partial charge in [0.05, 0.1) is 5.25 Å². The van der Waals surface area contributed by atoms with E-state index in [-0.39, 0.29) is 0 Å². The molecule has 1 aliphatic heterocycles. The van der Waals surface area contributed by atoms with Crippen LogP contribution in [0.5, 0.6) is 0 Å². The summed E-state index contributed by atoms with van der Waals surface area (Å²) in [6, 6.07) is 32.5. The summed E-state index contributed by atoms with van der Waals surface area (Å²) < 4.78 is 0. The van der Waals surface area contributed by atoms with Crippen molar-refractivity contribution in [3.63, 3.8) is 0 Å². The molecule has 0 fully saturated rings. The maximum absolute atomic E-state index is 4.75. The first-order valence-corrected chi connectivity index (χ1v) is 13.8. The number of aromatic nitrogens is 2. The van der Waals surface area contributed by atoms with Crippen molar-refractivity contribution in [2.24, 2.45) is 0 Å². The predicted molar refractivity (Wildman–Crippen MR) is 142 cm³/mol. The average molecular weight is 483 g/mol. The molecular formula is C28H22N2S3. The summed E-state index contributed by atoms with van der Waals surface area (Å²) in [6.45, 7) is 0. The molecule has 5 heteroatoms. The molecule has 0 N–H and O–H groups in total. The minimum Gasteiger partial charge on any atom is -0.229 e. The third-order valence-electron chi connectivity index (χ3n) is 6.00. The number of thioether (sulfide) groups is 2. The molecule has 2 aromatic heterocycles. The number of hydrogen-bond donors (Lipinski definition) is 0. The maximum Gasteiger partial charge on any atom is 0.128 e. The lowest BCUT2D eigenvalue weighted by Gasteiger charge is -2.30. The Bertz CT molecular complexity index is 1370. The molecule has 0 spiro atoms. The van der Waals surface area contributed by atoms with E-state index in [0.717, 1.165) is 22.0 Å². The largest absolute Gasteiger partial charge is 0.229 e. The lowest BCUT2D eigenvalue weighted by Crippen LogP contribution is -2.11. The van der Waals surface area contributed by atoms with Crippen LogP contribution in [-0.4, -0.2) is 9.97 Å². The maximum atomic E-state index is 4.75. The zero-order chi connectivity index (χ0) is 22.0. The van der Waals surface area contributed by atoms with Crippen molar-refractivity contribution in [2.45, 2.75) is 27.7 Å². The van der Waals surface area contributed by atoms with Gasteiger partial charge in [-0.05, 0) is 28.7 Å². The van der Waals surface area contributed by atoms with Gasteiger partial charge in [-0.2, -0.15) is 0 Å². The second kappa shape index (κ2) is 9.34. The van der Waals surface area contributed by atoms with Gasteiger partial charge in [-0.1, -0.05) is 91.0 Å². The molecule has 0 radical (unpaired) electrons. The molecule has 2 nitrogen and oxygen atoms in total. The van der Waals surface area contributed by atoms with Gasteiger partial charge in [0, 0.05) is 21.3 Å². The predicted octanol–water partition coefficient (Wildman–Crippen LogP) is 8.10. The van der Waals surface area contributed by atoms with Crippen molar-refractivity contribution in [3.8, 4) is 0 Å². The molecule has 162 valence electrons. The Labute approximate surface area is 206 Å². The van der Waals surface area contributed by atoms with Gasteiger partial charge in [-0.3, -0.25) is 0 Å². The van der Waals surface area contributed by atoms with Crippen LogP contribution in [0.4, 0.5) is 0 Å². The van der Waals surface area contributed by atoms with Crippen LogP contribution in [-0.2, 0) is 12.2 Å². The minimum atomic E-state index is 0.311. The SMILES string of the molecule is c1ccc(CSc2ncnc3sc4c(c23)C[C@@H](c2ccccc2)S[C@@H]4c2ccccc2)cc1. The van der Waals surface area contributed by atoms with E-state index in [1.807, 2.05) is 23.1 Å². The molecule has 0 aliphatic carbocycles. The fourth-order valence-electron chi connectivity index (χ4n) is 4.41. The summed E-state index contributed by atoms with van der Waals surface area (Å²) in [5, 5.41) is 3.09. The molecule has 6 rings (SSSR count). The Morgan fingerprint density at radius 3 is 2.18 bits per heavy atom. The summed E-state index contributed by atoms with van der Waals surface area (Å²) in [4.78, 5) is 12.0. The van der Waals surface area contributed by atoms with Gasteiger partial charge in [-0.15, -0.1) is 34.9 Å². The van der Waals surface area contributed by atoms with Crippen LogP contribution in [0.1, 0.15) is 37.6 Å². The van der Waals surface area contributed by atoms with E-state index in [9.17, 15) is 0 Å². The smallest absolute Gasteiger partial charge is 0.128 e. The first-order valence-electron chi connectivity index (χ1n) is 11.0. The molecule has 0 bridgehead atoms. The van der Waals surface area contributed by atoms with Crippen molar-refractivity contribution in [2.75, 3.05) is 0 Å². The van der Waals surface area contributed by atoms with Gasteiger partial charge in [-0.25, -0.2) is 9.97 Å². The van der Waals surface area contributed by atoms with E-state index in [4.69, 9.17) is 9.97 Å². The van der Waals surface area contributed by atoms with Gasteiger partial charge in [0.2, 0.25) is 0 Å². The fourth-order valence-corrected chi connectivity index (χ4v) is 8.44. The van der Waals surface area contributed by atoms with Crippen molar-refractivity contribution in [1.82, 2.24) is 9.97 Å². The molecule has 0 saturated heterocycles. The van der Waals surface area contributed by atoms with Crippen molar-refractivity contribution >= 4 is 45.1 Å². The first-order chi connectivity index (χ1) is 16.4. The van der Waals surface area contributed by atoms with Crippen LogP contribution in [0.3, 0.4) is 0 Å². The molecule has 1 aliphatic rings. The second-order valence-electron chi connectivity index (χ2n) is 8.11. The number of thiophene rings is 1. The molecule has 3 aromatic carbocycles. The summed E-state index contributed by atoms with van der Waals surface area (Å²) in [7, 11) is 0. The van der Waals surface area contributed by atoms with Crippen LogP contribution < -0.4 is 0 Å². The second-order valence-corrected chi connectivity index (χ2v) is 11.4. The lowest BCUT2D eigenvalue weighted by molar-refractivity contribution is 0.891. The molecule has 0 amide bonds. The van der Waals surface area contributed by atoms with Crippen molar-refractivity contribution in [3.05, 3.63) is 124 Å². The van der Waals surface area contributed by atoms with Crippen molar-refractivity contribution in [1.29, 1.82) is 0 Å². The van der Waals surface area contributed by atoms with E-state index >= 15 is 0 Å². The van der Waals surface area contributed by atoms with Crippen molar-refractivity contribution < 1.29 is 0 Å². The highest BCUT2D eigenvalue weighted by Crippen LogP contribution is 2.56. The van der Waals surface area contributed by atoms with Crippen LogP contribution >= 0.6 is 34.9 Å². The molecule has 0 saturated carbocycles. The quantitative estimate of drug-likeness (QED) is 0.187. The monoisotopic (exact) mass is 482 g/mol.